The van der Waals surface area contributed by atoms with Crippen molar-refractivity contribution in [3.8, 4) is 0 Å². The van der Waals surface area contributed by atoms with Gasteiger partial charge in [-0.3, -0.25) is 0 Å². The lowest BCUT2D eigenvalue weighted by atomic mass is 10.0. The SMILES string of the molecule is CC1CC(NS(=O)(=O)c2ccc(Cl)cc2Cl)CCN1.Cl. The monoisotopic (exact) mass is 358 g/mol. The van der Waals surface area contributed by atoms with Gasteiger partial charge >= 0.3 is 0 Å². The molecule has 0 aromatic heterocycles. The Morgan fingerprint density at radius 2 is 2.05 bits per heavy atom. The van der Waals surface area contributed by atoms with E-state index in [1.807, 2.05) is 6.92 Å². The first-order chi connectivity index (χ1) is 8.88. The van der Waals surface area contributed by atoms with Crippen molar-refractivity contribution in [3.63, 3.8) is 0 Å². The molecule has 1 aromatic rings. The average molecular weight is 360 g/mol. The molecule has 114 valence electrons. The Labute approximate surface area is 135 Å². The highest BCUT2D eigenvalue weighted by Gasteiger charge is 2.25. The van der Waals surface area contributed by atoms with Gasteiger partial charge in [-0.1, -0.05) is 23.2 Å². The second-order valence-corrected chi connectivity index (χ2v) is 7.30. The van der Waals surface area contributed by atoms with Crippen LogP contribution >= 0.6 is 35.6 Å². The van der Waals surface area contributed by atoms with Gasteiger partial charge in [-0.25, -0.2) is 13.1 Å². The van der Waals surface area contributed by atoms with Gasteiger partial charge in [0.1, 0.15) is 4.90 Å². The molecule has 0 radical (unpaired) electrons. The lowest BCUT2D eigenvalue weighted by Crippen LogP contribution is -2.46. The maximum Gasteiger partial charge on any atom is 0.242 e. The second-order valence-electron chi connectivity index (χ2n) is 4.77. The van der Waals surface area contributed by atoms with Gasteiger partial charge in [-0.2, -0.15) is 0 Å². The largest absolute Gasteiger partial charge is 0.314 e. The van der Waals surface area contributed by atoms with Crippen LogP contribution in [0, 0.1) is 0 Å². The van der Waals surface area contributed by atoms with E-state index >= 15 is 0 Å². The number of piperidine rings is 1. The third kappa shape index (κ3) is 4.48. The summed E-state index contributed by atoms with van der Waals surface area (Å²) in [5, 5.41) is 3.83. The van der Waals surface area contributed by atoms with E-state index in [1.54, 1.807) is 0 Å². The van der Waals surface area contributed by atoms with Crippen LogP contribution in [0.25, 0.3) is 0 Å². The average Bonchev–Trinajstić information content (AvgIpc) is 2.27. The molecule has 1 heterocycles. The number of hydrogen-bond acceptors (Lipinski definition) is 3. The van der Waals surface area contributed by atoms with E-state index in [0.717, 1.165) is 19.4 Å². The molecule has 1 aliphatic heterocycles. The third-order valence-corrected chi connectivity index (χ3v) is 5.37. The Morgan fingerprint density at radius 3 is 2.65 bits per heavy atom. The van der Waals surface area contributed by atoms with Crippen LogP contribution in [0.4, 0.5) is 0 Å². The summed E-state index contributed by atoms with van der Waals surface area (Å²) in [5.41, 5.74) is 0. The number of nitrogens with one attached hydrogen (secondary N) is 2. The zero-order chi connectivity index (χ0) is 14.0. The second kappa shape index (κ2) is 7.29. The summed E-state index contributed by atoms with van der Waals surface area (Å²) >= 11 is 11.7. The Hall–Kier alpha value is -0.0400. The van der Waals surface area contributed by atoms with Crippen molar-refractivity contribution in [2.75, 3.05) is 6.54 Å². The lowest BCUT2D eigenvalue weighted by molar-refractivity contribution is 0.361. The Kier molecular flexibility index (Phi) is 6.57. The molecular formula is C12H17Cl3N2O2S. The minimum Gasteiger partial charge on any atom is -0.314 e. The molecule has 20 heavy (non-hydrogen) atoms. The molecule has 1 aromatic carbocycles. The predicted octanol–water partition coefficient (Wildman–Crippen LogP) is 2.83. The van der Waals surface area contributed by atoms with E-state index in [2.05, 4.69) is 10.0 Å². The lowest BCUT2D eigenvalue weighted by Gasteiger charge is -2.28. The Morgan fingerprint density at radius 1 is 1.35 bits per heavy atom. The molecule has 0 bridgehead atoms. The number of benzene rings is 1. The van der Waals surface area contributed by atoms with Crippen LogP contribution in [0.15, 0.2) is 23.1 Å². The van der Waals surface area contributed by atoms with E-state index in [0.29, 0.717) is 11.1 Å². The molecule has 0 spiro atoms. The minimum atomic E-state index is -3.60. The quantitative estimate of drug-likeness (QED) is 0.872. The summed E-state index contributed by atoms with van der Waals surface area (Å²) < 4.78 is 27.3. The molecule has 2 unspecified atom stereocenters. The molecule has 0 saturated carbocycles. The summed E-state index contributed by atoms with van der Waals surface area (Å²) in [6.45, 7) is 2.85. The molecule has 0 aliphatic carbocycles. The van der Waals surface area contributed by atoms with Gasteiger partial charge in [0, 0.05) is 17.1 Å². The molecule has 2 rings (SSSR count). The van der Waals surface area contributed by atoms with E-state index in [1.165, 1.54) is 18.2 Å². The molecule has 4 nitrogen and oxygen atoms in total. The van der Waals surface area contributed by atoms with Gasteiger partial charge < -0.3 is 5.32 Å². The third-order valence-electron chi connectivity index (χ3n) is 3.13. The highest BCUT2D eigenvalue weighted by molar-refractivity contribution is 7.89. The molecule has 1 fully saturated rings. The van der Waals surface area contributed by atoms with Crippen molar-refractivity contribution in [2.45, 2.75) is 36.7 Å². The topological polar surface area (TPSA) is 58.2 Å². The molecule has 2 atom stereocenters. The number of halogens is 3. The smallest absolute Gasteiger partial charge is 0.242 e. The zero-order valence-electron chi connectivity index (χ0n) is 10.9. The van der Waals surface area contributed by atoms with Crippen molar-refractivity contribution in [1.82, 2.24) is 10.0 Å². The molecule has 1 aliphatic rings. The van der Waals surface area contributed by atoms with Crippen LogP contribution in [0.1, 0.15) is 19.8 Å². The highest BCUT2D eigenvalue weighted by atomic mass is 35.5. The van der Waals surface area contributed by atoms with Crippen molar-refractivity contribution < 1.29 is 8.42 Å². The van der Waals surface area contributed by atoms with Crippen LogP contribution in [0.5, 0.6) is 0 Å². The molecule has 8 heteroatoms. The van der Waals surface area contributed by atoms with Crippen molar-refractivity contribution in [1.29, 1.82) is 0 Å². The van der Waals surface area contributed by atoms with E-state index in [-0.39, 0.29) is 28.4 Å². The molecule has 0 amide bonds. The predicted molar refractivity (Wildman–Crippen MR) is 84.5 cm³/mol. The summed E-state index contributed by atoms with van der Waals surface area (Å²) in [5.74, 6) is 0. The van der Waals surface area contributed by atoms with Gasteiger partial charge in [0.2, 0.25) is 10.0 Å². The fraction of sp³-hybridized carbons (Fsp3) is 0.500. The fourth-order valence-electron chi connectivity index (χ4n) is 2.22. The summed E-state index contributed by atoms with van der Waals surface area (Å²) in [4.78, 5) is 0.0738. The van der Waals surface area contributed by atoms with E-state index in [9.17, 15) is 8.42 Å². The maximum atomic E-state index is 12.3. The van der Waals surface area contributed by atoms with Crippen molar-refractivity contribution in [3.05, 3.63) is 28.2 Å². The summed E-state index contributed by atoms with van der Waals surface area (Å²) in [6, 6.07) is 4.63. The van der Waals surface area contributed by atoms with Crippen LogP contribution in [0.2, 0.25) is 10.0 Å². The maximum absolute atomic E-state index is 12.3. The van der Waals surface area contributed by atoms with Gasteiger partial charge in [0.05, 0.1) is 5.02 Å². The number of hydrogen-bond donors (Lipinski definition) is 2. The standard InChI is InChI=1S/C12H16Cl2N2O2S.ClH/c1-8-6-10(4-5-15-8)16-19(17,18)12-3-2-9(13)7-11(12)14;/h2-3,7-8,10,15-16H,4-6H2,1H3;1H. The van der Waals surface area contributed by atoms with Crippen LogP contribution in [-0.4, -0.2) is 27.0 Å². The van der Waals surface area contributed by atoms with Crippen molar-refractivity contribution >= 4 is 45.6 Å². The van der Waals surface area contributed by atoms with Crippen molar-refractivity contribution in [2.24, 2.45) is 0 Å². The first kappa shape index (κ1) is 18.0. The van der Waals surface area contributed by atoms with E-state index in [4.69, 9.17) is 23.2 Å². The Bertz CT molecular complexity index is 566. The molecule has 2 N–H and O–H groups in total. The zero-order valence-corrected chi connectivity index (χ0v) is 14.0. The molecule has 1 saturated heterocycles. The van der Waals surface area contributed by atoms with Gasteiger partial charge in [0.25, 0.3) is 0 Å². The van der Waals surface area contributed by atoms with E-state index < -0.39 is 10.0 Å². The summed E-state index contributed by atoms with van der Waals surface area (Å²) in [7, 11) is -3.60. The first-order valence-electron chi connectivity index (χ1n) is 6.09. The highest BCUT2D eigenvalue weighted by Crippen LogP contribution is 2.25. The van der Waals surface area contributed by atoms with Crippen LogP contribution in [0.3, 0.4) is 0 Å². The van der Waals surface area contributed by atoms with Gasteiger partial charge in [-0.15, -0.1) is 12.4 Å². The van der Waals surface area contributed by atoms with Crippen LogP contribution < -0.4 is 10.0 Å². The first-order valence-corrected chi connectivity index (χ1v) is 8.33. The van der Waals surface area contributed by atoms with Gasteiger partial charge in [-0.05, 0) is 44.5 Å². The van der Waals surface area contributed by atoms with Crippen LogP contribution in [-0.2, 0) is 10.0 Å². The Balaban J connectivity index is 0.00000200. The van der Waals surface area contributed by atoms with Gasteiger partial charge in [0.15, 0.2) is 0 Å². The number of sulfonamides is 1. The fourth-order valence-corrected chi connectivity index (χ4v) is 4.27. The minimum absolute atomic E-state index is 0. The molecular weight excluding hydrogens is 343 g/mol. The normalized spacial score (nSPS) is 23.1. The number of rotatable bonds is 3. The summed E-state index contributed by atoms with van der Waals surface area (Å²) in [6.07, 6.45) is 1.54.